The summed E-state index contributed by atoms with van der Waals surface area (Å²) in [5.74, 6) is 0.872. The predicted octanol–water partition coefficient (Wildman–Crippen LogP) is 2.62. The fourth-order valence-electron chi connectivity index (χ4n) is 1.38. The average molecular weight is 304 g/mol. The molecule has 0 spiro atoms. The van der Waals surface area contributed by atoms with E-state index in [1.807, 2.05) is 0 Å². The molecule has 1 heterocycles. The van der Waals surface area contributed by atoms with Gasteiger partial charge < -0.3 is 16.8 Å². The summed E-state index contributed by atoms with van der Waals surface area (Å²) in [4.78, 5) is 4.11. The van der Waals surface area contributed by atoms with Crippen LogP contribution in [-0.2, 0) is 0 Å². The molecule has 0 saturated heterocycles. The van der Waals surface area contributed by atoms with Crippen molar-refractivity contribution in [2.75, 3.05) is 16.8 Å². The standard InChI is InChI=1S/C12H10BrN5/c13-8-5-7(6-14)1-3-10(8)17-11-4-2-9(15)12(16)18-11/h1-5H,15H2,(H3,16,17,18). The summed E-state index contributed by atoms with van der Waals surface area (Å²) in [6.45, 7) is 0. The van der Waals surface area contributed by atoms with Crippen molar-refractivity contribution in [3.8, 4) is 6.07 Å². The Morgan fingerprint density at radius 1 is 1.22 bits per heavy atom. The molecular formula is C12H10BrN5. The van der Waals surface area contributed by atoms with Gasteiger partial charge in [-0.05, 0) is 46.3 Å². The quantitative estimate of drug-likeness (QED) is 0.791. The number of benzene rings is 1. The Balaban J connectivity index is 2.29. The first-order valence-electron chi connectivity index (χ1n) is 5.09. The number of nitrogen functional groups attached to an aromatic ring is 2. The maximum Gasteiger partial charge on any atom is 0.149 e. The molecule has 5 nitrogen and oxygen atoms in total. The van der Waals surface area contributed by atoms with E-state index in [1.54, 1.807) is 30.3 Å². The van der Waals surface area contributed by atoms with Crippen LogP contribution in [0.1, 0.15) is 5.56 Å². The Bertz CT molecular complexity index is 633. The summed E-state index contributed by atoms with van der Waals surface area (Å²) in [6, 6.07) is 10.7. The van der Waals surface area contributed by atoms with Crippen molar-refractivity contribution >= 4 is 38.9 Å². The van der Waals surface area contributed by atoms with Crippen molar-refractivity contribution in [1.29, 1.82) is 5.26 Å². The predicted molar refractivity (Wildman–Crippen MR) is 75.2 cm³/mol. The fraction of sp³-hybridized carbons (Fsp3) is 0. The Hall–Kier alpha value is -2.26. The largest absolute Gasteiger partial charge is 0.396 e. The molecule has 18 heavy (non-hydrogen) atoms. The van der Waals surface area contributed by atoms with Crippen molar-refractivity contribution in [2.45, 2.75) is 0 Å². The summed E-state index contributed by atoms with van der Waals surface area (Å²) in [5.41, 5.74) is 13.0. The second-order valence-corrected chi connectivity index (χ2v) is 4.46. The molecule has 90 valence electrons. The number of hydrogen-bond acceptors (Lipinski definition) is 5. The van der Waals surface area contributed by atoms with Crippen molar-refractivity contribution in [1.82, 2.24) is 4.98 Å². The number of nitrogens with one attached hydrogen (secondary N) is 1. The molecule has 1 aromatic carbocycles. The van der Waals surface area contributed by atoms with Crippen LogP contribution in [0, 0.1) is 11.3 Å². The van der Waals surface area contributed by atoms with Gasteiger partial charge in [0.15, 0.2) is 0 Å². The van der Waals surface area contributed by atoms with Gasteiger partial charge in [0.1, 0.15) is 11.6 Å². The third-order valence-corrected chi connectivity index (χ3v) is 2.97. The number of rotatable bonds is 2. The second kappa shape index (κ2) is 4.94. The lowest BCUT2D eigenvalue weighted by atomic mass is 10.2. The van der Waals surface area contributed by atoms with Crippen LogP contribution in [0.15, 0.2) is 34.8 Å². The molecule has 0 aliphatic rings. The number of pyridine rings is 1. The van der Waals surface area contributed by atoms with Crippen molar-refractivity contribution in [3.05, 3.63) is 40.4 Å². The Kier molecular flexibility index (Phi) is 3.35. The van der Waals surface area contributed by atoms with Crippen LogP contribution < -0.4 is 16.8 Å². The monoisotopic (exact) mass is 303 g/mol. The van der Waals surface area contributed by atoms with E-state index in [2.05, 4.69) is 32.3 Å². The Morgan fingerprint density at radius 2 is 2.00 bits per heavy atom. The molecule has 0 amide bonds. The number of anilines is 4. The van der Waals surface area contributed by atoms with Gasteiger partial charge in [-0.15, -0.1) is 0 Å². The van der Waals surface area contributed by atoms with Gasteiger partial charge in [-0.3, -0.25) is 0 Å². The van der Waals surface area contributed by atoms with Crippen molar-refractivity contribution in [2.24, 2.45) is 0 Å². The van der Waals surface area contributed by atoms with E-state index >= 15 is 0 Å². The van der Waals surface area contributed by atoms with Gasteiger partial charge in [0.2, 0.25) is 0 Å². The number of hydrogen-bond donors (Lipinski definition) is 3. The van der Waals surface area contributed by atoms with Crippen molar-refractivity contribution in [3.63, 3.8) is 0 Å². The topological polar surface area (TPSA) is 101 Å². The number of aromatic nitrogens is 1. The zero-order valence-corrected chi connectivity index (χ0v) is 10.9. The van der Waals surface area contributed by atoms with Crippen molar-refractivity contribution < 1.29 is 0 Å². The summed E-state index contributed by atoms with van der Waals surface area (Å²) in [5, 5.41) is 11.9. The van der Waals surface area contributed by atoms with Gasteiger partial charge >= 0.3 is 0 Å². The minimum atomic E-state index is 0.282. The van der Waals surface area contributed by atoms with Crippen LogP contribution in [0.2, 0.25) is 0 Å². The van der Waals surface area contributed by atoms with Gasteiger partial charge in [0.25, 0.3) is 0 Å². The zero-order chi connectivity index (χ0) is 13.1. The molecule has 0 saturated carbocycles. The van der Waals surface area contributed by atoms with E-state index in [0.29, 0.717) is 17.1 Å². The molecule has 0 bridgehead atoms. The van der Waals surface area contributed by atoms with Crippen LogP contribution in [-0.4, -0.2) is 4.98 Å². The normalized spacial score (nSPS) is 9.78. The first-order chi connectivity index (χ1) is 8.60. The minimum Gasteiger partial charge on any atom is -0.396 e. The highest BCUT2D eigenvalue weighted by Crippen LogP contribution is 2.27. The zero-order valence-electron chi connectivity index (χ0n) is 9.31. The molecular weight excluding hydrogens is 294 g/mol. The highest BCUT2D eigenvalue weighted by atomic mass is 79.9. The first-order valence-corrected chi connectivity index (χ1v) is 5.88. The molecule has 0 atom stereocenters. The van der Waals surface area contributed by atoms with Crippen LogP contribution in [0.5, 0.6) is 0 Å². The van der Waals surface area contributed by atoms with Gasteiger partial charge in [0.05, 0.1) is 23.0 Å². The van der Waals surface area contributed by atoms with E-state index in [-0.39, 0.29) is 5.82 Å². The molecule has 2 rings (SSSR count). The average Bonchev–Trinajstić information content (AvgIpc) is 2.36. The van der Waals surface area contributed by atoms with Crippen LogP contribution >= 0.6 is 15.9 Å². The smallest absolute Gasteiger partial charge is 0.149 e. The van der Waals surface area contributed by atoms with Gasteiger partial charge in [0, 0.05) is 4.47 Å². The number of nitriles is 1. The molecule has 1 aromatic heterocycles. The fourth-order valence-corrected chi connectivity index (χ4v) is 1.86. The highest BCUT2D eigenvalue weighted by molar-refractivity contribution is 9.10. The number of nitrogens with two attached hydrogens (primary N) is 2. The molecule has 5 N–H and O–H groups in total. The first kappa shape index (κ1) is 12.2. The summed E-state index contributed by atoms with van der Waals surface area (Å²) < 4.78 is 0.777. The van der Waals surface area contributed by atoms with E-state index in [0.717, 1.165) is 10.2 Å². The van der Waals surface area contributed by atoms with E-state index in [4.69, 9.17) is 16.7 Å². The number of halogens is 1. The lowest BCUT2D eigenvalue weighted by molar-refractivity contribution is 1.31. The third kappa shape index (κ3) is 2.52. The summed E-state index contributed by atoms with van der Waals surface area (Å²) in [7, 11) is 0. The van der Waals surface area contributed by atoms with Crippen LogP contribution in [0.3, 0.4) is 0 Å². The summed E-state index contributed by atoms with van der Waals surface area (Å²) >= 11 is 3.38. The molecule has 0 fully saturated rings. The molecule has 0 aliphatic heterocycles. The van der Waals surface area contributed by atoms with Crippen LogP contribution in [0.4, 0.5) is 23.0 Å². The maximum absolute atomic E-state index is 8.78. The van der Waals surface area contributed by atoms with E-state index < -0.39 is 0 Å². The molecule has 0 unspecified atom stereocenters. The van der Waals surface area contributed by atoms with Gasteiger partial charge in [-0.2, -0.15) is 5.26 Å². The molecule has 2 aromatic rings. The lowest BCUT2D eigenvalue weighted by Gasteiger charge is -2.09. The number of nitrogens with zero attached hydrogens (tertiary/aromatic N) is 2. The van der Waals surface area contributed by atoms with E-state index in [1.165, 1.54) is 0 Å². The Morgan fingerprint density at radius 3 is 2.61 bits per heavy atom. The molecule has 6 heteroatoms. The highest BCUT2D eigenvalue weighted by Gasteiger charge is 2.04. The lowest BCUT2D eigenvalue weighted by Crippen LogP contribution is -2.01. The van der Waals surface area contributed by atoms with Crippen LogP contribution in [0.25, 0.3) is 0 Å². The van der Waals surface area contributed by atoms with Gasteiger partial charge in [-0.1, -0.05) is 0 Å². The maximum atomic E-state index is 8.78. The molecule has 0 radical (unpaired) electrons. The third-order valence-electron chi connectivity index (χ3n) is 2.32. The minimum absolute atomic E-state index is 0.282. The SMILES string of the molecule is N#Cc1ccc(Nc2ccc(N)c(N)n2)c(Br)c1. The van der Waals surface area contributed by atoms with Gasteiger partial charge in [-0.25, -0.2) is 4.98 Å². The van der Waals surface area contributed by atoms with E-state index in [9.17, 15) is 0 Å². The molecule has 0 aliphatic carbocycles. The second-order valence-electron chi connectivity index (χ2n) is 3.60. The summed E-state index contributed by atoms with van der Waals surface area (Å²) in [6.07, 6.45) is 0. The Labute approximate surface area is 113 Å².